The number of alkyl halides is 3. The van der Waals surface area contributed by atoms with Gasteiger partial charge in [0.25, 0.3) is 10.0 Å². The van der Waals surface area contributed by atoms with Gasteiger partial charge in [-0.1, -0.05) is 32.9 Å². The van der Waals surface area contributed by atoms with Gasteiger partial charge >= 0.3 is 12.1 Å². The molecule has 33 heavy (non-hydrogen) atoms. The van der Waals surface area contributed by atoms with E-state index >= 15 is 0 Å². The van der Waals surface area contributed by atoms with Crippen LogP contribution in [0.5, 0.6) is 0 Å². The van der Waals surface area contributed by atoms with Crippen molar-refractivity contribution in [3.8, 4) is 0 Å². The van der Waals surface area contributed by atoms with Crippen LogP contribution in [0.3, 0.4) is 0 Å². The fraction of sp³-hybridized carbons (Fsp3) is 0.364. The fourth-order valence-corrected chi connectivity index (χ4v) is 4.35. The minimum absolute atomic E-state index is 0.0945. The third kappa shape index (κ3) is 5.84. The molecule has 2 amide bonds. The zero-order chi connectivity index (χ0) is 24.6. The molecular weight excluding hydrogens is 459 g/mol. The molecule has 0 atom stereocenters. The van der Waals surface area contributed by atoms with Gasteiger partial charge in [-0.25, -0.2) is 8.42 Å². The molecule has 0 saturated carbocycles. The highest BCUT2D eigenvalue weighted by atomic mass is 32.2. The van der Waals surface area contributed by atoms with Gasteiger partial charge in [-0.15, -0.1) is 0 Å². The van der Waals surface area contributed by atoms with E-state index in [1.165, 1.54) is 24.3 Å². The summed E-state index contributed by atoms with van der Waals surface area (Å²) in [4.78, 5) is 24.3. The van der Waals surface area contributed by atoms with E-state index in [2.05, 4.69) is 10.0 Å². The van der Waals surface area contributed by atoms with Crippen molar-refractivity contribution in [1.82, 2.24) is 4.90 Å². The molecule has 2 N–H and O–H groups in total. The summed E-state index contributed by atoms with van der Waals surface area (Å²) in [6.45, 7) is 4.81. The number of nitrogens with zero attached hydrogens (tertiary/aromatic N) is 1. The molecule has 0 bridgehead atoms. The van der Waals surface area contributed by atoms with Crippen molar-refractivity contribution in [1.29, 1.82) is 0 Å². The third-order valence-corrected chi connectivity index (χ3v) is 6.46. The quantitative estimate of drug-likeness (QED) is 0.689. The highest BCUT2D eigenvalue weighted by Crippen LogP contribution is 2.28. The van der Waals surface area contributed by atoms with Crippen LogP contribution in [-0.2, 0) is 32.6 Å². The maximum Gasteiger partial charge on any atom is 0.471 e. The monoisotopic (exact) mass is 483 g/mol. The topological polar surface area (TPSA) is 95.6 Å². The number of fused-ring (bicyclic) bond motifs is 1. The van der Waals surface area contributed by atoms with Crippen LogP contribution in [0, 0.1) is 5.41 Å². The van der Waals surface area contributed by atoms with Gasteiger partial charge < -0.3 is 10.2 Å². The van der Waals surface area contributed by atoms with Gasteiger partial charge in [0.05, 0.1) is 10.6 Å². The summed E-state index contributed by atoms with van der Waals surface area (Å²) < 4.78 is 66.5. The van der Waals surface area contributed by atoms with Gasteiger partial charge in [0.15, 0.2) is 0 Å². The SMILES string of the molecule is CC(C)(C)C(=O)Nc1cccc(NS(=O)(=O)c2ccc3c(c2)CN(C(=O)C(F)(F)F)CC3)c1. The number of carbonyl (C=O) groups is 2. The molecule has 2 aromatic rings. The molecule has 7 nitrogen and oxygen atoms in total. The number of amides is 2. The van der Waals surface area contributed by atoms with Crippen molar-refractivity contribution in [2.24, 2.45) is 5.41 Å². The number of hydrogen-bond donors (Lipinski definition) is 2. The molecule has 2 aromatic carbocycles. The van der Waals surface area contributed by atoms with Crippen LogP contribution in [0.25, 0.3) is 0 Å². The number of carbonyl (C=O) groups excluding carboxylic acids is 2. The summed E-state index contributed by atoms with van der Waals surface area (Å²) in [6.07, 6.45) is -4.80. The molecule has 1 heterocycles. The number of anilines is 2. The van der Waals surface area contributed by atoms with Crippen molar-refractivity contribution < 1.29 is 31.2 Å². The van der Waals surface area contributed by atoms with E-state index in [1.807, 2.05) is 0 Å². The van der Waals surface area contributed by atoms with Crippen molar-refractivity contribution >= 4 is 33.2 Å². The molecule has 0 aromatic heterocycles. The first kappa shape index (κ1) is 24.6. The van der Waals surface area contributed by atoms with Crippen LogP contribution in [-0.4, -0.2) is 37.9 Å². The lowest BCUT2D eigenvalue weighted by Crippen LogP contribution is -2.43. The highest BCUT2D eigenvalue weighted by Gasteiger charge is 2.43. The summed E-state index contributed by atoms with van der Waals surface area (Å²) >= 11 is 0. The summed E-state index contributed by atoms with van der Waals surface area (Å²) in [6, 6.07) is 10.3. The minimum atomic E-state index is -4.99. The average molecular weight is 484 g/mol. The summed E-state index contributed by atoms with van der Waals surface area (Å²) in [5.41, 5.74) is 0.996. The van der Waals surface area contributed by atoms with Gasteiger partial charge in [-0.05, 0) is 47.9 Å². The average Bonchev–Trinajstić information content (AvgIpc) is 2.71. The van der Waals surface area contributed by atoms with Crippen molar-refractivity contribution in [2.45, 2.75) is 44.8 Å². The Hall–Kier alpha value is -3.08. The van der Waals surface area contributed by atoms with E-state index in [-0.39, 0.29) is 36.0 Å². The first-order valence-electron chi connectivity index (χ1n) is 10.1. The Labute approximate surface area is 190 Å². The first-order chi connectivity index (χ1) is 15.2. The molecule has 0 aliphatic carbocycles. The van der Waals surface area contributed by atoms with Gasteiger partial charge in [-0.3, -0.25) is 14.3 Å². The molecular formula is C22H24F3N3O4S. The Bertz CT molecular complexity index is 1190. The standard InChI is InChI=1S/C22H24F3N3O4S/c1-21(2,3)19(29)26-16-5-4-6-17(12-16)27-33(31,32)18-8-7-14-9-10-28(13-15(14)11-18)20(30)22(23,24)25/h4-8,11-12,27H,9-10,13H2,1-3H3,(H,26,29). The zero-order valence-electron chi connectivity index (χ0n) is 18.3. The predicted octanol–water partition coefficient (Wildman–Crippen LogP) is 3.92. The second-order valence-electron chi connectivity index (χ2n) is 8.80. The molecule has 0 radical (unpaired) electrons. The molecule has 1 aliphatic rings. The van der Waals surface area contributed by atoms with Gasteiger partial charge in [0, 0.05) is 24.2 Å². The number of benzene rings is 2. The molecule has 11 heteroatoms. The molecule has 0 saturated heterocycles. The lowest BCUT2D eigenvalue weighted by molar-refractivity contribution is -0.186. The lowest BCUT2D eigenvalue weighted by Gasteiger charge is -2.29. The predicted molar refractivity (Wildman–Crippen MR) is 117 cm³/mol. The smallest absolute Gasteiger partial charge is 0.330 e. The van der Waals surface area contributed by atoms with Gasteiger partial charge in [0.1, 0.15) is 0 Å². The Morgan fingerprint density at radius 2 is 1.64 bits per heavy atom. The molecule has 178 valence electrons. The molecule has 0 fully saturated rings. The number of nitrogens with one attached hydrogen (secondary N) is 2. The number of halogens is 3. The van der Waals surface area contributed by atoms with Crippen LogP contribution in [0.1, 0.15) is 31.9 Å². The highest BCUT2D eigenvalue weighted by molar-refractivity contribution is 7.92. The maximum atomic E-state index is 12.9. The Balaban J connectivity index is 1.80. The molecule has 1 aliphatic heterocycles. The Kier molecular flexibility index (Phi) is 6.47. The van der Waals surface area contributed by atoms with E-state index in [9.17, 15) is 31.2 Å². The molecule has 3 rings (SSSR count). The van der Waals surface area contributed by atoms with Crippen LogP contribution in [0.2, 0.25) is 0 Å². The molecule has 0 spiro atoms. The fourth-order valence-electron chi connectivity index (χ4n) is 3.25. The van der Waals surface area contributed by atoms with E-state index in [4.69, 9.17) is 0 Å². The van der Waals surface area contributed by atoms with Crippen molar-refractivity contribution in [2.75, 3.05) is 16.6 Å². The van der Waals surface area contributed by atoms with Gasteiger partial charge in [0.2, 0.25) is 5.91 Å². The normalized spacial score (nSPS) is 14.4. The minimum Gasteiger partial charge on any atom is -0.330 e. The lowest BCUT2D eigenvalue weighted by atomic mass is 9.95. The van der Waals surface area contributed by atoms with E-state index in [0.717, 1.165) is 0 Å². The zero-order valence-corrected chi connectivity index (χ0v) is 19.1. The third-order valence-electron chi connectivity index (χ3n) is 5.08. The number of sulfonamides is 1. The number of rotatable bonds is 4. The second kappa shape index (κ2) is 8.69. The molecule has 0 unspecified atom stereocenters. The largest absolute Gasteiger partial charge is 0.471 e. The van der Waals surface area contributed by atoms with Crippen LogP contribution in [0.15, 0.2) is 47.4 Å². The van der Waals surface area contributed by atoms with Crippen LogP contribution in [0.4, 0.5) is 24.5 Å². The van der Waals surface area contributed by atoms with E-state index < -0.39 is 27.5 Å². The second-order valence-corrected chi connectivity index (χ2v) is 10.5. The number of hydrogen-bond acceptors (Lipinski definition) is 4. The van der Waals surface area contributed by atoms with E-state index in [1.54, 1.807) is 39.0 Å². The maximum absolute atomic E-state index is 12.9. The van der Waals surface area contributed by atoms with Crippen molar-refractivity contribution in [3.05, 3.63) is 53.6 Å². The summed E-state index contributed by atoms with van der Waals surface area (Å²) in [5.74, 6) is -2.19. The Morgan fingerprint density at radius 1 is 0.970 bits per heavy atom. The van der Waals surface area contributed by atoms with Gasteiger partial charge in [-0.2, -0.15) is 13.2 Å². The van der Waals surface area contributed by atoms with E-state index in [0.29, 0.717) is 21.7 Å². The van der Waals surface area contributed by atoms with Crippen LogP contribution < -0.4 is 10.0 Å². The van der Waals surface area contributed by atoms with Crippen LogP contribution >= 0.6 is 0 Å². The van der Waals surface area contributed by atoms with Crippen molar-refractivity contribution in [3.63, 3.8) is 0 Å². The first-order valence-corrected chi connectivity index (χ1v) is 11.6. The summed E-state index contributed by atoms with van der Waals surface area (Å²) in [5, 5.41) is 2.71. The summed E-state index contributed by atoms with van der Waals surface area (Å²) in [7, 11) is -4.07. The Morgan fingerprint density at radius 3 is 2.27 bits per heavy atom.